The zero-order valence-corrected chi connectivity index (χ0v) is 21.9. The largest absolute Gasteiger partial charge is 0.368 e. The van der Waals surface area contributed by atoms with Crippen LogP contribution in [0, 0.1) is 11.8 Å². The molecule has 0 spiro atoms. The lowest BCUT2D eigenvalue weighted by atomic mass is 9.89. The highest BCUT2D eigenvalue weighted by molar-refractivity contribution is 7.19. The number of thiophene rings is 1. The normalized spacial score (nSPS) is 36.9. The van der Waals surface area contributed by atoms with Crippen LogP contribution in [0.25, 0.3) is 10.1 Å². The van der Waals surface area contributed by atoms with Crippen molar-refractivity contribution < 1.29 is 28.8 Å². The van der Waals surface area contributed by atoms with Gasteiger partial charge in [-0.1, -0.05) is 30.4 Å². The summed E-state index contributed by atoms with van der Waals surface area (Å²) < 4.78 is 32.3. The van der Waals surface area contributed by atoms with Gasteiger partial charge in [-0.25, -0.2) is 0 Å². The summed E-state index contributed by atoms with van der Waals surface area (Å²) >= 11 is 1.78. The van der Waals surface area contributed by atoms with Crippen molar-refractivity contribution in [1.29, 1.82) is 0 Å². The van der Waals surface area contributed by atoms with Crippen LogP contribution in [0.5, 0.6) is 0 Å². The summed E-state index contributed by atoms with van der Waals surface area (Å²) in [6.07, 6.45) is 11.2. The summed E-state index contributed by atoms with van der Waals surface area (Å²) in [6, 6.07) is 10.7. The van der Waals surface area contributed by atoms with Crippen molar-refractivity contribution in [3.63, 3.8) is 0 Å². The molecule has 0 radical (unpaired) electrons. The average molecular weight is 515 g/mol. The van der Waals surface area contributed by atoms with Gasteiger partial charge in [0.25, 0.3) is 0 Å². The Morgan fingerprint density at radius 2 is 1.81 bits per heavy atom. The summed E-state index contributed by atoms with van der Waals surface area (Å²) in [7, 11) is 0. The van der Waals surface area contributed by atoms with E-state index >= 15 is 0 Å². The van der Waals surface area contributed by atoms with Gasteiger partial charge >= 0.3 is 0 Å². The van der Waals surface area contributed by atoms with Gasteiger partial charge in [-0.05, 0) is 68.9 Å². The van der Waals surface area contributed by atoms with Gasteiger partial charge in [-0.3, -0.25) is 0 Å². The molecule has 36 heavy (non-hydrogen) atoms. The Kier molecular flexibility index (Phi) is 7.50. The molecule has 7 heteroatoms. The summed E-state index contributed by atoms with van der Waals surface area (Å²) in [5, 5.41) is 11.4. The van der Waals surface area contributed by atoms with Crippen LogP contribution in [0.15, 0.2) is 42.5 Å². The van der Waals surface area contributed by atoms with Gasteiger partial charge in [0.05, 0.1) is 12.2 Å². The Labute approximate surface area is 217 Å². The van der Waals surface area contributed by atoms with Gasteiger partial charge in [0.2, 0.25) is 0 Å². The van der Waals surface area contributed by atoms with Gasteiger partial charge in [-0.15, -0.1) is 11.3 Å². The smallest absolute Gasteiger partial charge is 0.159 e. The first-order valence-corrected chi connectivity index (χ1v) is 14.5. The van der Waals surface area contributed by atoms with Crippen LogP contribution in [-0.2, 0) is 29.3 Å². The number of aliphatic hydroxyl groups is 1. The zero-order chi connectivity index (χ0) is 24.5. The molecule has 6 rings (SSSR count). The maximum absolute atomic E-state index is 10.2. The van der Waals surface area contributed by atoms with Gasteiger partial charge in [0.1, 0.15) is 5.60 Å². The quantitative estimate of drug-likeness (QED) is 0.466. The molecule has 4 fully saturated rings. The van der Waals surface area contributed by atoms with Crippen molar-refractivity contribution in [2.24, 2.45) is 11.8 Å². The first kappa shape index (κ1) is 25.0. The lowest BCUT2D eigenvalue weighted by Crippen LogP contribution is -2.34. The third kappa shape index (κ3) is 5.30. The van der Waals surface area contributed by atoms with E-state index < -0.39 is 11.9 Å². The number of rotatable bonds is 7. The van der Waals surface area contributed by atoms with E-state index in [1.54, 1.807) is 11.3 Å². The van der Waals surface area contributed by atoms with Gasteiger partial charge in [0, 0.05) is 41.6 Å². The van der Waals surface area contributed by atoms with Crippen molar-refractivity contribution in [1.82, 2.24) is 0 Å². The summed E-state index contributed by atoms with van der Waals surface area (Å²) in [5.41, 5.74) is -0.631. The highest BCUT2D eigenvalue weighted by atomic mass is 32.1. The molecule has 4 unspecified atom stereocenters. The van der Waals surface area contributed by atoms with E-state index in [1.165, 1.54) is 15.0 Å². The fourth-order valence-electron chi connectivity index (χ4n) is 6.24. The monoisotopic (exact) mass is 514 g/mol. The average Bonchev–Trinajstić information content (AvgIpc) is 3.57. The fraction of sp³-hybridized carbons (Fsp3) is 0.655. The third-order valence-electron chi connectivity index (χ3n) is 8.20. The van der Waals surface area contributed by atoms with Crippen molar-refractivity contribution in [2.45, 2.75) is 95.0 Å². The molecule has 1 aromatic heterocycles. The second-order valence-corrected chi connectivity index (χ2v) is 11.9. The first-order chi connectivity index (χ1) is 17.6. The lowest BCUT2D eigenvalue weighted by molar-refractivity contribution is -0.209. The van der Waals surface area contributed by atoms with E-state index in [-0.39, 0.29) is 36.6 Å². The molecule has 8 atom stereocenters. The van der Waals surface area contributed by atoms with E-state index in [0.717, 1.165) is 58.2 Å². The Morgan fingerprint density at radius 3 is 2.56 bits per heavy atom. The molecule has 4 aliphatic rings. The van der Waals surface area contributed by atoms with Gasteiger partial charge < -0.3 is 28.8 Å². The molecule has 1 aliphatic carbocycles. The minimum Gasteiger partial charge on any atom is -0.368 e. The van der Waals surface area contributed by atoms with Crippen LogP contribution in [0.4, 0.5) is 0 Å². The van der Waals surface area contributed by atoms with Crippen molar-refractivity contribution in [3.8, 4) is 0 Å². The number of hydrogen-bond acceptors (Lipinski definition) is 7. The van der Waals surface area contributed by atoms with E-state index in [0.29, 0.717) is 6.42 Å². The maximum atomic E-state index is 10.2. The number of aliphatic hydroxyl groups excluding tert-OH is 1. The van der Waals surface area contributed by atoms with Crippen LogP contribution in [0.1, 0.15) is 63.2 Å². The number of fused-ring (bicyclic) bond motifs is 2. The Balaban J connectivity index is 1.29. The Bertz CT molecular complexity index is 1010. The molecule has 2 aromatic rings. The molecular weight excluding hydrogens is 476 g/mol. The molecule has 3 aliphatic heterocycles. The molecule has 3 saturated heterocycles. The highest BCUT2D eigenvalue weighted by Gasteiger charge is 2.50. The Hall–Kier alpha value is -1.32. The summed E-state index contributed by atoms with van der Waals surface area (Å²) in [5.74, 6) is 0.352. The molecule has 6 nitrogen and oxygen atoms in total. The Morgan fingerprint density at radius 1 is 1.03 bits per heavy atom. The topological polar surface area (TPSA) is 66.4 Å². The van der Waals surface area contributed by atoms with Crippen LogP contribution >= 0.6 is 11.3 Å². The predicted molar refractivity (Wildman–Crippen MR) is 139 cm³/mol. The van der Waals surface area contributed by atoms with Crippen LogP contribution in [0.3, 0.4) is 0 Å². The molecule has 196 valence electrons. The van der Waals surface area contributed by atoms with Gasteiger partial charge in [0.15, 0.2) is 18.9 Å². The van der Waals surface area contributed by atoms with Crippen molar-refractivity contribution >= 4 is 21.4 Å². The minimum absolute atomic E-state index is 0.00411. The van der Waals surface area contributed by atoms with E-state index in [9.17, 15) is 5.11 Å². The summed E-state index contributed by atoms with van der Waals surface area (Å²) in [4.78, 5) is 1.17. The molecule has 1 aromatic carbocycles. The molecule has 0 bridgehead atoms. The number of hydrogen-bond donors (Lipinski definition) is 1. The van der Waals surface area contributed by atoms with Gasteiger partial charge in [-0.2, -0.15) is 0 Å². The first-order valence-electron chi connectivity index (χ1n) is 13.7. The lowest BCUT2D eigenvalue weighted by Gasteiger charge is -2.34. The van der Waals surface area contributed by atoms with Crippen molar-refractivity contribution in [2.75, 3.05) is 13.2 Å². The molecule has 1 N–H and O–H groups in total. The van der Waals surface area contributed by atoms with E-state index in [1.807, 2.05) is 0 Å². The summed E-state index contributed by atoms with van der Waals surface area (Å²) in [6.45, 7) is 3.66. The molecule has 4 heterocycles. The predicted octanol–water partition coefficient (Wildman–Crippen LogP) is 5.87. The zero-order valence-electron chi connectivity index (χ0n) is 21.1. The van der Waals surface area contributed by atoms with Crippen LogP contribution < -0.4 is 0 Å². The highest BCUT2D eigenvalue weighted by Crippen LogP contribution is 2.47. The molecule has 1 saturated carbocycles. The number of ether oxygens (including phenoxy) is 5. The van der Waals surface area contributed by atoms with Crippen molar-refractivity contribution in [3.05, 3.63) is 47.4 Å². The molecule has 0 amide bonds. The minimum atomic E-state index is -0.691. The second-order valence-electron chi connectivity index (χ2n) is 10.8. The SMILES string of the molecule is CC(C=C[C@@H]1[C@H]2CC(O)O[C@H]2C[C@H]1OC1CCCCO1)(OC1CCCCO1)c1cc2ccccc2s1. The van der Waals surface area contributed by atoms with Crippen LogP contribution in [0.2, 0.25) is 0 Å². The van der Waals surface area contributed by atoms with E-state index in [4.69, 9.17) is 23.7 Å². The van der Waals surface area contributed by atoms with Crippen LogP contribution in [-0.4, -0.2) is 49.4 Å². The van der Waals surface area contributed by atoms with E-state index in [2.05, 4.69) is 49.4 Å². The maximum Gasteiger partial charge on any atom is 0.159 e. The fourth-order valence-corrected chi connectivity index (χ4v) is 7.38. The second kappa shape index (κ2) is 10.8. The standard InChI is InChI=1S/C29H38O6S/c1-29(35-28-11-5-7-15-32-28,25-16-19-8-2-3-9-24(19)36-25)13-12-20-21-17-26(30)33-23(21)18-22(20)34-27-10-4-6-14-31-27/h2-3,8-9,12-13,16,20-23,26-28,30H,4-7,10-11,14-15,17-18H2,1H3/t20-,21-,22-,23+,26?,27?,28?,29?/m1/s1. The molecular formula is C29H38O6S. The number of benzene rings is 1. The third-order valence-corrected chi connectivity index (χ3v) is 9.54.